The van der Waals surface area contributed by atoms with E-state index in [0.717, 1.165) is 18.6 Å². The standard InChI is InChI=1S/C19H25NO4/c1-13-9-15(19(22)23)12-20(11-13)18(21)14-5-4-8-17(10-14)24-16-6-2-3-7-16/h4-5,8,10,13,15-16H,2-3,6-7,9,11-12H2,1H3,(H,22,23). The van der Waals surface area contributed by atoms with Crippen LogP contribution >= 0.6 is 0 Å². The molecule has 0 radical (unpaired) electrons. The maximum Gasteiger partial charge on any atom is 0.308 e. The molecule has 1 aromatic rings. The Balaban J connectivity index is 1.70. The van der Waals surface area contributed by atoms with E-state index in [9.17, 15) is 14.7 Å². The van der Waals surface area contributed by atoms with Crippen LogP contribution in [-0.2, 0) is 4.79 Å². The fraction of sp³-hybridized carbons (Fsp3) is 0.579. The topological polar surface area (TPSA) is 66.8 Å². The second kappa shape index (κ2) is 7.24. The van der Waals surface area contributed by atoms with Crippen molar-refractivity contribution in [2.75, 3.05) is 13.1 Å². The molecule has 2 fully saturated rings. The fourth-order valence-electron chi connectivity index (χ4n) is 3.78. The first kappa shape index (κ1) is 16.8. The fourth-order valence-corrected chi connectivity index (χ4v) is 3.78. The number of carbonyl (C=O) groups is 2. The number of piperidine rings is 1. The molecule has 1 N–H and O–H groups in total. The quantitative estimate of drug-likeness (QED) is 0.920. The zero-order chi connectivity index (χ0) is 17.1. The van der Waals surface area contributed by atoms with Crippen molar-refractivity contribution in [3.8, 4) is 5.75 Å². The van der Waals surface area contributed by atoms with E-state index in [1.165, 1.54) is 12.8 Å². The lowest BCUT2D eigenvalue weighted by atomic mass is 9.90. The predicted octanol–water partition coefficient (Wildman–Crippen LogP) is 3.19. The van der Waals surface area contributed by atoms with Crippen LogP contribution in [0, 0.1) is 11.8 Å². The molecule has 2 aliphatic rings. The number of hydrogen-bond donors (Lipinski definition) is 1. The van der Waals surface area contributed by atoms with Crippen LogP contribution in [0.5, 0.6) is 5.75 Å². The Labute approximate surface area is 142 Å². The van der Waals surface area contributed by atoms with Crippen molar-refractivity contribution in [2.45, 2.75) is 45.1 Å². The summed E-state index contributed by atoms with van der Waals surface area (Å²) < 4.78 is 5.97. The highest BCUT2D eigenvalue weighted by Gasteiger charge is 2.32. The summed E-state index contributed by atoms with van der Waals surface area (Å²) in [5.41, 5.74) is 0.573. The molecule has 0 spiro atoms. The van der Waals surface area contributed by atoms with Gasteiger partial charge in [-0.15, -0.1) is 0 Å². The minimum atomic E-state index is -0.822. The Morgan fingerprint density at radius 2 is 1.96 bits per heavy atom. The van der Waals surface area contributed by atoms with Gasteiger partial charge in [0.05, 0.1) is 12.0 Å². The van der Waals surface area contributed by atoms with E-state index in [-0.39, 0.29) is 24.5 Å². The number of amides is 1. The van der Waals surface area contributed by atoms with E-state index in [1.54, 1.807) is 17.0 Å². The zero-order valence-corrected chi connectivity index (χ0v) is 14.1. The van der Waals surface area contributed by atoms with Gasteiger partial charge in [-0.2, -0.15) is 0 Å². The average Bonchev–Trinajstić information content (AvgIpc) is 3.06. The molecule has 2 unspecified atom stereocenters. The molecule has 1 heterocycles. The lowest BCUT2D eigenvalue weighted by Crippen LogP contribution is -2.45. The SMILES string of the molecule is CC1CC(C(=O)O)CN(C(=O)c2cccc(OC3CCCC3)c2)C1. The van der Waals surface area contributed by atoms with Crippen molar-refractivity contribution < 1.29 is 19.4 Å². The van der Waals surface area contributed by atoms with Gasteiger partial charge in [-0.05, 0) is 56.2 Å². The van der Waals surface area contributed by atoms with Gasteiger partial charge in [0.15, 0.2) is 0 Å². The molecule has 0 bridgehead atoms. The van der Waals surface area contributed by atoms with Crippen LogP contribution in [-0.4, -0.2) is 41.1 Å². The van der Waals surface area contributed by atoms with Crippen LogP contribution < -0.4 is 4.74 Å². The summed E-state index contributed by atoms with van der Waals surface area (Å²) in [5.74, 6) is -0.479. The first-order valence-electron chi connectivity index (χ1n) is 8.81. The largest absolute Gasteiger partial charge is 0.490 e. The number of carboxylic acid groups (broad SMARTS) is 1. The van der Waals surface area contributed by atoms with Crippen LogP contribution in [0.25, 0.3) is 0 Å². The molecule has 1 saturated heterocycles. The maximum absolute atomic E-state index is 12.8. The molecule has 1 aromatic carbocycles. The summed E-state index contributed by atoms with van der Waals surface area (Å²) in [6, 6.07) is 7.28. The minimum Gasteiger partial charge on any atom is -0.490 e. The van der Waals surface area contributed by atoms with E-state index in [4.69, 9.17) is 4.74 Å². The summed E-state index contributed by atoms with van der Waals surface area (Å²) in [4.78, 5) is 25.7. The molecule has 5 heteroatoms. The molecule has 1 saturated carbocycles. The van der Waals surface area contributed by atoms with Crippen molar-refractivity contribution in [3.63, 3.8) is 0 Å². The molecule has 2 atom stereocenters. The van der Waals surface area contributed by atoms with Crippen LogP contribution in [0.4, 0.5) is 0 Å². The van der Waals surface area contributed by atoms with Gasteiger partial charge in [-0.25, -0.2) is 0 Å². The van der Waals surface area contributed by atoms with Gasteiger partial charge >= 0.3 is 5.97 Å². The first-order chi connectivity index (χ1) is 11.5. The number of likely N-dealkylation sites (tertiary alicyclic amines) is 1. The third kappa shape index (κ3) is 3.89. The zero-order valence-electron chi connectivity index (χ0n) is 14.1. The van der Waals surface area contributed by atoms with Gasteiger partial charge in [-0.3, -0.25) is 9.59 Å². The lowest BCUT2D eigenvalue weighted by Gasteiger charge is -2.34. The van der Waals surface area contributed by atoms with Crippen molar-refractivity contribution >= 4 is 11.9 Å². The number of carboxylic acids is 1. The highest BCUT2D eigenvalue weighted by Crippen LogP contribution is 2.27. The minimum absolute atomic E-state index is 0.107. The smallest absolute Gasteiger partial charge is 0.308 e. The summed E-state index contributed by atoms with van der Waals surface area (Å²) >= 11 is 0. The number of carbonyl (C=O) groups excluding carboxylic acids is 1. The number of hydrogen-bond acceptors (Lipinski definition) is 3. The Bertz CT molecular complexity index is 609. The third-order valence-electron chi connectivity index (χ3n) is 4.98. The van der Waals surface area contributed by atoms with Crippen molar-refractivity contribution in [3.05, 3.63) is 29.8 Å². The molecule has 1 amide bonds. The highest BCUT2D eigenvalue weighted by atomic mass is 16.5. The van der Waals surface area contributed by atoms with Gasteiger partial charge in [0.25, 0.3) is 5.91 Å². The molecule has 130 valence electrons. The van der Waals surface area contributed by atoms with Gasteiger partial charge in [0.1, 0.15) is 5.75 Å². The van der Waals surface area contributed by atoms with Crippen molar-refractivity contribution in [2.24, 2.45) is 11.8 Å². The number of nitrogens with zero attached hydrogens (tertiary/aromatic N) is 1. The van der Waals surface area contributed by atoms with E-state index in [2.05, 4.69) is 0 Å². The molecule has 0 aromatic heterocycles. The first-order valence-corrected chi connectivity index (χ1v) is 8.81. The number of rotatable bonds is 4. The summed E-state index contributed by atoms with van der Waals surface area (Å²) in [5, 5.41) is 9.27. The summed E-state index contributed by atoms with van der Waals surface area (Å²) in [7, 11) is 0. The van der Waals surface area contributed by atoms with Crippen LogP contribution in [0.15, 0.2) is 24.3 Å². The second-order valence-electron chi connectivity index (χ2n) is 7.14. The molecule has 1 aliphatic heterocycles. The number of aliphatic carboxylic acids is 1. The monoisotopic (exact) mass is 331 g/mol. The van der Waals surface area contributed by atoms with Gasteiger partial charge in [0, 0.05) is 18.7 Å². The van der Waals surface area contributed by atoms with Gasteiger partial charge in [0.2, 0.25) is 0 Å². The average molecular weight is 331 g/mol. The van der Waals surface area contributed by atoms with E-state index >= 15 is 0 Å². The number of ether oxygens (including phenoxy) is 1. The van der Waals surface area contributed by atoms with E-state index < -0.39 is 11.9 Å². The molecular formula is C19H25NO4. The Morgan fingerprint density at radius 3 is 2.67 bits per heavy atom. The molecule has 5 nitrogen and oxygen atoms in total. The molecular weight excluding hydrogens is 306 g/mol. The highest BCUT2D eigenvalue weighted by molar-refractivity contribution is 5.95. The van der Waals surface area contributed by atoms with Gasteiger partial charge < -0.3 is 14.7 Å². The predicted molar refractivity (Wildman–Crippen MR) is 90.1 cm³/mol. The summed E-state index contributed by atoms with van der Waals surface area (Å²) in [6.07, 6.45) is 5.42. The normalized spacial score (nSPS) is 24.8. The van der Waals surface area contributed by atoms with Crippen LogP contribution in [0.1, 0.15) is 49.4 Å². The van der Waals surface area contributed by atoms with Crippen molar-refractivity contribution in [1.82, 2.24) is 4.90 Å². The third-order valence-corrected chi connectivity index (χ3v) is 4.98. The van der Waals surface area contributed by atoms with Crippen molar-refractivity contribution in [1.29, 1.82) is 0 Å². The van der Waals surface area contributed by atoms with E-state index in [1.807, 2.05) is 19.1 Å². The molecule has 3 rings (SSSR count). The van der Waals surface area contributed by atoms with Crippen LogP contribution in [0.2, 0.25) is 0 Å². The molecule has 24 heavy (non-hydrogen) atoms. The Morgan fingerprint density at radius 1 is 1.21 bits per heavy atom. The Kier molecular flexibility index (Phi) is 5.07. The lowest BCUT2D eigenvalue weighted by molar-refractivity contribution is -0.143. The summed E-state index contributed by atoms with van der Waals surface area (Å²) in [6.45, 7) is 2.89. The number of benzene rings is 1. The Hall–Kier alpha value is -2.04. The van der Waals surface area contributed by atoms with Crippen LogP contribution in [0.3, 0.4) is 0 Å². The van der Waals surface area contributed by atoms with Gasteiger partial charge in [-0.1, -0.05) is 13.0 Å². The second-order valence-corrected chi connectivity index (χ2v) is 7.14. The maximum atomic E-state index is 12.8. The van der Waals surface area contributed by atoms with E-state index in [0.29, 0.717) is 18.5 Å². The molecule has 1 aliphatic carbocycles.